The molecule has 1 amide bonds. The predicted molar refractivity (Wildman–Crippen MR) is 104 cm³/mol. The zero-order valence-corrected chi connectivity index (χ0v) is 15.1. The molecule has 1 saturated carbocycles. The summed E-state index contributed by atoms with van der Waals surface area (Å²) in [6, 6.07) is 7.79. The molecule has 5 nitrogen and oxygen atoms in total. The first-order chi connectivity index (χ1) is 12.6. The van der Waals surface area contributed by atoms with E-state index in [-0.39, 0.29) is 11.3 Å². The number of amides is 1. The Morgan fingerprint density at radius 2 is 1.85 bits per heavy atom. The van der Waals surface area contributed by atoms with E-state index in [1.54, 1.807) is 10.8 Å². The number of fused-ring (bicyclic) bond motifs is 1. The molecule has 134 valence electrons. The quantitative estimate of drug-likeness (QED) is 0.632. The van der Waals surface area contributed by atoms with E-state index < -0.39 is 11.5 Å². The lowest BCUT2D eigenvalue weighted by molar-refractivity contribution is 0.102. The maximum absolute atomic E-state index is 12.5. The van der Waals surface area contributed by atoms with Gasteiger partial charge in [0.2, 0.25) is 0 Å². The van der Waals surface area contributed by atoms with Crippen molar-refractivity contribution in [2.24, 2.45) is 0 Å². The number of aromatic amines is 1. The number of H-pyrrole nitrogens is 1. The molecule has 0 radical (unpaired) electrons. The van der Waals surface area contributed by atoms with Gasteiger partial charge in [-0.15, -0.1) is 11.3 Å². The van der Waals surface area contributed by atoms with Crippen LogP contribution in [0.3, 0.4) is 0 Å². The zero-order valence-electron chi connectivity index (χ0n) is 14.2. The van der Waals surface area contributed by atoms with E-state index in [1.165, 1.54) is 49.0 Å². The number of aromatic nitrogens is 1. The van der Waals surface area contributed by atoms with Crippen molar-refractivity contribution in [3.8, 4) is 5.75 Å². The molecule has 3 aromatic rings. The second-order valence-electron chi connectivity index (χ2n) is 6.79. The van der Waals surface area contributed by atoms with Crippen LogP contribution in [0.15, 0.2) is 39.8 Å². The summed E-state index contributed by atoms with van der Waals surface area (Å²) in [6.07, 6.45) is 6.30. The van der Waals surface area contributed by atoms with Crippen LogP contribution in [-0.2, 0) is 0 Å². The van der Waals surface area contributed by atoms with Crippen molar-refractivity contribution in [1.29, 1.82) is 0 Å². The number of hydrogen-bond donors (Lipinski definition) is 3. The normalized spacial score (nSPS) is 15.2. The number of thiophene rings is 1. The molecule has 6 heteroatoms. The van der Waals surface area contributed by atoms with Gasteiger partial charge in [-0.2, -0.15) is 0 Å². The molecule has 2 heterocycles. The Morgan fingerprint density at radius 1 is 1.12 bits per heavy atom. The summed E-state index contributed by atoms with van der Waals surface area (Å²) in [7, 11) is 0. The predicted octanol–water partition coefficient (Wildman–Crippen LogP) is 4.60. The first-order valence-corrected chi connectivity index (χ1v) is 9.80. The summed E-state index contributed by atoms with van der Waals surface area (Å²) in [5.41, 5.74) is 1.59. The van der Waals surface area contributed by atoms with Crippen molar-refractivity contribution in [3.05, 3.63) is 56.5 Å². The molecular formula is C20H20N2O3S. The highest BCUT2D eigenvalue weighted by Gasteiger charge is 2.20. The number of benzene rings is 1. The van der Waals surface area contributed by atoms with Crippen molar-refractivity contribution in [1.82, 2.24) is 4.98 Å². The Labute approximate surface area is 154 Å². The molecule has 0 bridgehead atoms. The van der Waals surface area contributed by atoms with Crippen molar-refractivity contribution in [3.63, 3.8) is 0 Å². The van der Waals surface area contributed by atoms with Gasteiger partial charge >= 0.3 is 0 Å². The van der Waals surface area contributed by atoms with Crippen LogP contribution in [0.25, 0.3) is 10.9 Å². The van der Waals surface area contributed by atoms with Crippen LogP contribution in [-0.4, -0.2) is 16.0 Å². The zero-order chi connectivity index (χ0) is 18.1. The third-order valence-electron chi connectivity index (χ3n) is 5.10. The van der Waals surface area contributed by atoms with Crippen LogP contribution >= 0.6 is 11.3 Å². The molecule has 0 atom stereocenters. The summed E-state index contributed by atoms with van der Waals surface area (Å²) in [4.78, 5) is 27.3. The third-order valence-corrected chi connectivity index (χ3v) is 5.84. The van der Waals surface area contributed by atoms with Gasteiger partial charge in [-0.1, -0.05) is 31.4 Å². The molecule has 1 aliphatic carbocycles. The van der Waals surface area contributed by atoms with Crippen LogP contribution in [0.2, 0.25) is 0 Å². The van der Waals surface area contributed by atoms with E-state index in [1.807, 2.05) is 24.3 Å². The van der Waals surface area contributed by atoms with Gasteiger partial charge in [0.1, 0.15) is 11.3 Å². The van der Waals surface area contributed by atoms with E-state index >= 15 is 0 Å². The molecule has 0 unspecified atom stereocenters. The highest BCUT2D eigenvalue weighted by molar-refractivity contribution is 7.09. The smallest absolute Gasteiger partial charge is 0.265 e. The third kappa shape index (κ3) is 3.12. The fourth-order valence-electron chi connectivity index (χ4n) is 3.68. The van der Waals surface area contributed by atoms with Crippen LogP contribution in [0.1, 0.15) is 53.9 Å². The number of carbonyl (C=O) groups is 1. The van der Waals surface area contributed by atoms with E-state index in [0.717, 1.165) is 0 Å². The van der Waals surface area contributed by atoms with Crippen LogP contribution in [0, 0.1) is 0 Å². The van der Waals surface area contributed by atoms with Gasteiger partial charge in [0.15, 0.2) is 0 Å². The van der Waals surface area contributed by atoms with Gasteiger partial charge in [0.05, 0.1) is 10.9 Å². The van der Waals surface area contributed by atoms with Gasteiger partial charge in [0, 0.05) is 16.4 Å². The minimum Gasteiger partial charge on any atom is -0.506 e. The summed E-state index contributed by atoms with van der Waals surface area (Å²) in [5, 5.41) is 16.9. The van der Waals surface area contributed by atoms with E-state index in [9.17, 15) is 14.7 Å². The fourth-order valence-corrected chi connectivity index (χ4v) is 4.45. The number of anilines is 1. The second kappa shape index (κ2) is 6.96. The standard InChI is InChI=1S/C20H20N2O3S/c23-18-15-10-26-11-16(15)22-20(25)17(18)19(24)21-14-8-6-13(7-9-14)12-4-2-1-3-5-12/h6-12,23H,1-5H2,(H,21,24)(H,22,25). The topological polar surface area (TPSA) is 82.2 Å². The molecule has 0 saturated heterocycles. The molecule has 2 aromatic heterocycles. The molecule has 1 fully saturated rings. The number of nitrogens with one attached hydrogen (secondary N) is 2. The van der Waals surface area contributed by atoms with Crippen LogP contribution < -0.4 is 10.9 Å². The maximum Gasteiger partial charge on any atom is 0.265 e. The minimum atomic E-state index is -0.609. The molecular weight excluding hydrogens is 348 g/mol. The molecule has 26 heavy (non-hydrogen) atoms. The Hall–Kier alpha value is -2.60. The lowest BCUT2D eigenvalue weighted by Gasteiger charge is -2.22. The Bertz CT molecular complexity index is 998. The molecule has 4 rings (SSSR count). The first kappa shape index (κ1) is 16.8. The van der Waals surface area contributed by atoms with Gasteiger partial charge in [-0.05, 0) is 36.5 Å². The highest BCUT2D eigenvalue weighted by atomic mass is 32.1. The fraction of sp³-hybridized carbons (Fsp3) is 0.300. The Morgan fingerprint density at radius 3 is 2.58 bits per heavy atom. The summed E-state index contributed by atoms with van der Waals surface area (Å²) in [5.74, 6) is -0.287. The van der Waals surface area contributed by atoms with Gasteiger partial charge < -0.3 is 15.4 Å². The van der Waals surface area contributed by atoms with Crippen molar-refractivity contribution in [2.75, 3.05) is 5.32 Å². The van der Waals surface area contributed by atoms with Crippen LogP contribution in [0.5, 0.6) is 5.75 Å². The second-order valence-corrected chi connectivity index (χ2v) is 7.53. The number of carbonyl (C=O) groups excluding carboxylic acids is 1. The SMILES string of the molecule is O=C(Nc1ccc(C2CCCCC2)cc1)c1c(O)c2cscc2[nH]c1=O. The molecule has 0 spiro atoms. The van der Waals surface area contributed by atoms with Crippen LogP contribution in [0.4, 0.5) is 5.69 Å². The maximum atomic E-state index is 12.5. The van der Waals surface area contributed by atoms with Gasteiger partial charge in [0.25, 0.3) is 11.5 Å². The van der Waals surface area contributed by atoms with Crippen molar-refractivity contribution >= 4 is 33.8 Å². The average Bonchev–Trinajstić information content (AvgIpc) is 3.12. The summed E-state index contributed by atoms with van der Waals surface area (Å²) < 4.78 is 0. The summed E-state index contributed by atoms with van der Waals surface area (Å²) in [6.45, 7) is 0. The molecule has 3 N–H and O–H groups in total. The molecule has 0 aliphatic heterocycles. The number of aromatic hydroxyl groups is 1. The van der Waals surface area contributed by atoms with Gasteiger partial charge in [-0.3, -0.25) is 9.59 Å². The highest BCUT2D eigenvalue weighted by Crippen LogP contribution is 2.33. The largest absolute Gasteiger partial charge is 0.506 e. The van der Waals surface area contributed by atoms with Crippen molar-refractivity contribution in [2.45, 2.75) is 38.0 Å². The Kier molecular flexibility index (Phi) is 4.51. The monoisotopic (exact) mass is 368 g/mol. The van der Waals surface area contributed by atoms with Gasteiger partial charge in [-0.25, -0.2) is 0 Å². The molecule has 1 aromatic carbocycles. The van der Waals surface area contributed by atoms with E-state index in [4.69, 9.17) is 0 Å². The molecule has 1 aliphatic rings. The minimum absolute atomic E-state index is 0.257. The van der Waals surface area contributed by atoms with E-state index in [0.29, 0.717) is 22.5 Å². The lowest BCUT2D eigenvalue weighted by atomic mass is 9.84. The number of hydrogen-bond acceptors (Lipinski definition) is 4. The summed E-state index contributed by atoms with van der Waals surface area (Å²) >= 11 is 1.35. The lowest BCUT2D eigenvalue weighted by Crippen LogP contribution is -2.23. The van der Waals surface area contributed by atoms with E-state index in [2.05, 4.69) is 10.3 Å². The number of rotatable bonds is 3. The van der Waals surface area contributed by atoms with Crippen molar-refractivity contribution < 1.29 is 9.90 Å². The first-order valence-electron chi connectivity index (χ1n) is 8.86. The number of pyridine rings is 1. The average molecular weight is 368 g/mol. The Balaban J connectivity index is 1.56.